The molecule has 0 amide bonds. The average molecular weight is 357 g/mol. The molecular weight excluding hydrogens is 324 g/mol. The first-order chi connectivity index (χ1) is 12.7. The molecule has 2 aromatic heterocycles. The summed E-state index contributed by atoms with van der Waals surface area (Å²) in [5.74, 6) is 3.11. The number of hydrogen-bond acceptors (Lipinski definition) is 5. The quantitative estimate of drug-likeness (QED) is 0.595. The van der Waals surface area contributed by atoms with Crippen LogP contribution in [0.15, 0.2) is 29.0 Å². The molecule has 0 saturated heterocycles. The van der Waals surface area contributed by atoms with Crippen LogP contribution < -0.4 is 0 Å². The van der Waals surface area contributed by atoms with Crippen molar-refractivity contribution in [1.29, 1.82) is 0 Å². The molecule has 3 rings (SSSR count). The topological polar surface area (TPSA) is 55.1 Å². The number of aromatic nitrogens is 3. The summed E-state index contributed by atoms with van der Waals surface area (Å²) in [7, 11) is 2.16. The second-order valence-electron chi connectivity index (χ2n) is 7.83. The van der Waals surface area contributed by atoms with Crippen molar-refractivity contribution < 1.29 is 4.52 Å². The van der Waals surface area contributed by atoms with Gasteiger partial charge >= 0.3 is 0 Å². The van der Waals surface area contributed by atoms with E-state index in [0.29, 0.717) is 18.3 Å². The minimum Gasteiger partial charge on any atom is -0.338 e. The van der Waals surface area contributed by atoms with E-state index in [0.717, 1.165) is 23.9 Å². The molecule has 1 saturated carbocycles. The van der Waals surface area contributed by atoms with Crippen molar-refractivity contribution in [3.8, 4) is 11.4 Å². The molecule has 0 N–H and O–H groups in total. The Morgan fingerprint density at radius 2 is 1.81 bits per heavy atom. The van der Waals surface area contributed by atoms with E-state index in [1.54, 1.807) is 12.4 Å². The fourth-order valence-electron chi connectivity index (χ4n) is 4.06. The predicted octanol–water partition coefficient (Wildman–Crippen LogP) is 4.95. The Morgan fingerprint density at radius 3 is 2.54 bits per heavy atom. The Hall–Kier alpha value is -1.75. The van der Waals surface area contributed by atoms with Crippen molar-refractivity contribution in [1.82, 2.24) is 20.0 Å². The van der Waals surface area contributed by atoms with Gasteiger partial charge in [-0.25, -0.2) is 0 Å². The summed E-state index contributed by atoms with van der Waals surface area (Å²) in [5.41, 5.74) is 0.944. The van der Waals surface area contributed by atoms with Crippen LogP contribution in [-0.2, 0) is 6.54 Å². The van der Waals surface area contributed by atoms with Gasteiger partial charge in [-0.05, 0) is 43.9 Å². The highest BCUT2D eigenvalue weighted by Crippen LogP contribution is 2.32. The van der Waals surface area contributed by atoms with Gasteiger partial charge < -0.3 is 4.52 Å². The normalized spacial score (nSPS) is 20.6. The van der Waals surface area contributed by atoms with Gasteiger partial charge in [-0.2, -0.15) is 4.98 Å². The van der Waals surface area contributed by atoms with Crippen LogP contribution in [0.5, 0.6) is 0 Å². The van der Waals surface area contributed by atoms with Gasteiger partial charge in [0.2, 0.25) is 11.7 Å². The Bertz CT molecular complexity index is 634. The molecule has 0 unspecified atom stereocenters. The van der Waals surface area contributed by atoms with Crippen LogP contribution in [-0.4, -0.2) is 33.6 Å². The van der Waals surface area contributed by atoms with Gasteiger partial charge in [0.05, 0.1) is 6.54 Å². The summed E-state index contributed by atoms with van der Waals surface area (Å²) < 4.78 is 5.43. The maximum atomic E-state index is 5.43. The van der Waals surface area contributed by atoms with Crippen molar-refractivity contribution >= 4 is 0 Å². The van der Waals surface area contributed by atoms with Crippen LogP contribution in [0, 0.1) is 11.8 Å². The first-order valence-corrected chi connectivity index (χ1v) is 10.2. The Morgan fingerprint density at radius 1 is 1.08 bits per heavy atom. The summed E-state index contributed by atoms with van der Waals surface area (Å²) in [4.78, 5) is 10.9. The van der Waals surface area contributed by atoms with E-state index in [9.17, 15) is 0 Å². The molecule has 5 nitrogen and oxygen atoms in total. The summed E-state index contributed by atoms with van der Waals surface area (Å²) in [5, 5.41) is 4.09. The molecule has 5 heteroatoms. The molecule has 0 aromatic carbocycles. The first kappa shape index (κ1) is 19.0. The third-order valence-corrected chi connectivity index (χ3v) is 5.56. The number of hydrogen-bond donors (Lipinski definition) is 0. The van der Waals surface area contributed by atoms with Crippen LogP contribution in [0.25, 0.3) is 11.4 Å². The SMILES string of the molecule is CCCCCC1CCC(CN(C)Cc2nc(-c3ccncc3)no2)CC1. The zero-order valence-electron chi connectivity index (χ0n) is 16.2. The lowest BCUT2D eigenvalue weighted by Crippen LogP contribution is -2.28. The molecule has 0 spiro atoms. The third-order valence-electron chi connectivity index (χ3n) is 5.56. The molecule has 0 bridgehead atoms. The highest BCUT2D eigenvalue weighted by atomic mass is 16.5. The Balaban J connectivity index is 1.41. The molecule has 26 heavy (non-hydrogen) atoms. The molecule has 1 fully saturated rings. The summed E-state index contributed by atoms with van der Waals surface area (Å²) in [6.07, 6.45) is 14.6. The number of unbranched alkanes of at least 4 members (excludes halogenated alkanes) is 2. The van der Waals surface area contributed by atoms with E-state index >= 15 is 0 Å². The molecular formula is C21H32N4O. The van der Waals surface area contributed by atoms with Gasteiger partial charge in [0.25, 0.3) is 0 Å². The van der Waals surface area contributed by atoms with Crippen LogP contribution in [0.1, 0.15) is 64.2 Å². The molecule has 2 heterocycles. The van der Waals surface area contributed by atoms with E-state index in [1.165, 1.54) is 51.4 Å². The second kappa shape index (κ2) is 9.81. The Labute approximate surface area is 157 Å². The molecule has 0 radical (unpaired) electrons. The van der Waals surface area contributed by atoms with Crippen LogP contribution in [0.3, 0.4) is 0 Å². The van der Waals surface area contributed by atoms with Gasteiger partial charge in [0, 0.05) is 24.5 Å². The highest BCUT2D eigenvalue weighted by molar-refractivity contribution is 5.52. The minimum absolute atomic E-state index is 0.642. The summed E-state index contributed by atoms with van der Waals surface area (Å²) in [6.45, 7) is 4.12. The molecule has 1 aliphatic rings. The summed E-state index contributed by atoms with van der Waals surface area (Å²) in [6, 6.07) is 3.80. The maximum absolute atomic E-state index is 5.43. The minimum atomic E-state index is 0.642. The molecule has 0 atom stereocenters. The van der Waals surface area contributed by atoms with Crippen molar-refractivity contribution in [2.24, 2.45) is 11.8 Å². The maximum Gasteiger partial charge on any atom is 0.241 e. The standard InChI is InChI=1S/C21H32N4O/c1-3-4-5-6-17-7-9-18(10-8-17)15-25(2)16-20-23-21(24-26-20)19-11-13-22-14-12-19/h11-14,17-18H,3-10,15-16H2,1-2H3. The number of pyridine rings is 1. The highest BCUT2D eigenvalue weighted by Gasteiger charge is 2.22. The monoisotopic (exact) mass is 356 g/mol. The van der Waals surface area contributed by atoms with E-state index < -0.39 is 0 Å². The van der Waals surface area contributed by atoms with E-state index in [-0.39, 0.29) is 0 Å². The Kier molecular flexibility index (Phi) is 7.18. The largest absolute Gasteiger partial charge is 0.338 e. The number of nitrogens with zero attached hydrogens (tertiary/aromatic N) is 4. The smallest absolute Gasteiger partial charge is 0.241 e. The van der Waals surface area contributed by atoms with Crippen LogP contribution >= 0.6 is 0 Å². The molecule has 0 aliphatic heterocycles. The molecule has 142 valence electrons. The first-order valence-electron chi connectivity index (χ1n) is 10.2. The van der Waals surface area contributed by atoms with Gasteiger partial charge in [0.15, 0.2) is 0 Å². The van der Waals surface area contributed by atoms with Gasteiger partial charge in [-0.15, -0.1) is 0 Å². The van der Waals surface area contributed by atoms with E-state index in [4.69, 9.17) is 4.52 Å². The summed E-state index contributed by atoms with van der Waals surface area (Å²) >= 11 is 0. The van der Waals surface area contributed by atoms with Crippen molar-refractivity contribution in [3.63, 3.8) is 0 Å². The van der Waals surface area contributed by atoms with Crippen LogP contribution in [0.4, 0.5) is 0 Å². The van der Waals surface area contributed by atoms with Crippen molar-refractivity contribution in [2.45, 2.75) is 64.8 Å². The fraction of sp³-hybridized carbons (Fsp3) is 0.667. The van der Waals surface area contributed by atoms with E-state index in [2.05, 4.69) is 34.0 Å². The average Bonchev–Trinajstić information content (AvgIpc) is 3.12. The zero-order valence-corrected chi connectivity index (χ0v) is 16.2. The lowest BCUT2D eigenvalue weighted by atomic mass is 9.79. The number of rotatable bonds is 9. The molecule has 2 aromatic rings. The van der Waals surface area contributed by atoms with Crippen molar-refractivity contribution in [2.75, 3.05) is 13.6 Å². The van der Waals surface area contributed by atoms with Crippen LogP contribution in [0.2, 0.25) is 0 Å². The fourth-order valence-corrected chi connectivity index (χ4v) is 4.06. The lowest BCUT2D eigenvalue weighted by Gasteiger charge is -2.31. The third kappa shape index (κ3) is 5.63. The van der Waals surface area contributed by atoms with Gasteiger partial charge in [0.1, 0.15) is 0 Å². The lowest BCUT2D eigenvalue weighted by molar-refractivity contribution is 0.181. The zero-order chi connectivity index (χ0) is 18.2. The van der Waals surface area contributed by atoms with Gasteiger partial charge in [-0.1, -0.05) is 50.6 Å². The predicted molar refractivity (Wildman–Crippen MR) is 103 cm³/mol. The van der Waals surface area contributed by atoms with E-state index in [1.807, 2.05) is 12.1 Å². The molecule has 1 aliphatic carbocycles. The van der Waals surface area contributed by atoms with Crippen molar-refractivity contribution in [3.05, 3.63) is 30.4 Å². The van der Waals surface area contributed by atoms with Gasteiger partial charge in [-0.3, -0.25) is 9.88 Å². The second-order valence-corrected chi connectivity index (χ2v) is 7.83.